The Morgan fingerprint density at radius 1 is 1.18 bits per heavy atom. The number of carbonyl (C=O) groups is 1. The Bertz CT molecular complexity index is 1190. The lowest BCUT2D eigenvalue weighted by Crippen LogP contribution is -2.40. The Hall–Kier alpha value is -2.53. The van der Waals surface area contributed by atoms with Crippen LogP contribution in [0.15, 0.2) is 53.4 Å². The topological polar surface area (TPSA) is 89.0 Å². The van der Waals surface area contributed by atoms with E-state index < -0.39 is 21.5 Å². The van der Waals surface area contributed by atoms with Crippen LogP contribution in [0.1, 0.15) is 6.42 Å². The molecule has 2 aromatic carbocycles. The van der Waals surface area contributed by atoms with Gasteiger partial charge in [-0.15, -0.1) is 0 Å². The van der Waals surface area contributed by atoms with Crippen molar-refractivity contribution in [3.05, 3.63) is 48.5 Å². The van der Waals surface area contributed by atoms with Gasteiger partial charge >= 0.3 is 0 Å². The third-order valence-electron chi connectivity index (χ3n) is 5.49. The lowest BCUT2D eigenvalue weighted by molar-refractivity contribution is -0.116. The summed E-state index contributed by atoms with van der Waals surface area (Å²) in [5.41, 5.74) is 0.743. The smallest absolute Gasteiger partial charge is 0.244 e. The van der Waals surface area contributed by atoms with Crippen molar-refractivity contribution in [2.24, 2.45) is 0 Å². The van der Waals surface area contributed by atoms with Crippen LogP contribution in [0.5, 0.6) is 5.75 Å². The van der Waals surface area contributed by atoms with Gasteiger partial charge in [0, 0.05) is 26.2 Å². The monoisotopic (exact) mass is 489 g/mol. The molecular formula is C23H27N3O5S2. The number of hydrogen-bond donors (Lipinski definition) is 0. The fourth-order valence-electron chi connectivity index (χ4n) is 3.69. The van der Waals surface area contributed by atoms with Crippen molar-refractivity contribution in [3.63, 3.8) is 0 Å². The number of carbonyl (C=O) groups excluding carboxylic acids is 1. The summed E-state index contributed by atoms with van der Waals surface area (Å²) >= 11 is 1.36. The summed E-state index contributed by atoms with van der Waals surface area (Å²) in [5, 5.41) is 0.494. The van der Waals surface area contributed by atoms with Crippen LogP contribution in [-0.2, 0) is 19.4 Å². The highest BCUT2D eigenvalue weighted by Crippen LogP contribution is 2.32. The molecule has 0 radical (unpaired) electrons. The summed E-state index contributed by atoms with van der Waals surface area (Å²) < 4.78 is 37.3. The quantitative estimate of drug-likeness (QED) is 0.457. The second-order valence-electron chi connectivity index (χ2n) is 7.76. The first kappa shape index (κ1) is 23.6. The number of morpholine rings is 1. The molecule has 3 aromatic rings. The van der Waals surface area contributed by atoms with Crippen LogP contribution in [0, 0.1) is 0 Å². The molecule has 0 bridgehead atoms. The van der Waals surface area contributed by atoms with Gasteiger partial charge < -0.3 is 9.47 Å². The van der Waals surface area contributed by atoms with E-state index in [1.165, 1.54) is 28.4 Å². The molecule has 1 saturated heterocycles. The maximum absolute atomic E-state index is 13.3. The van der Waals surface area contributed by atoms with E-state index >= 15 is 0 Å². The molecule has 0 unspecified atom stereocenters. The number of methoxy groups -OCH3 is 1. The van der Waals surface area contributed by atoms with Gasteiger partial charge in [-0.1, -0.05) is 29.5 Å². The number of fused-ring (bicyclic) bond motifs is 1. The molecule has 0 atom stereocenters. The maximum atomic E-state index is 13.3. The van der Waals surface area contributed by atoms with Gasteiger partial charge in [0.25, 0.3) is 0 Å². The molecule has 2 heterocycles. The fraction of sp³-hybridized carbons (Fsp3) is 0.391. The third kappa shape index (κ3) is 5.89. The predicted molar refractivity (Wildman–Crippen MR) is 129 cm³/mol. The van der Waals surface area contributed by atoms with E-state index in [2.05, 4.69) is 9.88 Å². The SMILES string of the molecule is COc1ccc2nc(N(CCCN3CCOCC3)C(=O)CS(=O)(=O)c3ccccc3)sc2c1. The second-order valence-corrected chi connectivity index (χ2v) is 10.8. The van der Waals surface area contributed by atoms with Crippen molar-refractivity contribution in [2.75, 3.05) is 57.2 Å². The van der Waals surface area contributed by atoms with Crippen LogP contribution >= 0.6 is 11.3 Å². The Kier molecular flexibility index (Phi) is 7.59. The van der Waals surface area contributed by atoms with Crippen molar-refractivity contribution in [1.29, 1.82) is 0 Å². The van der Waals surface area contributed by atoms with Crippen molar-refractivity contribution < 1.29 is 22.7 Å². The third-order valence-corrected chi connectivity index (χ3v) is 8.15. The van der Waals surface area contributed by atoms with Crippen LogP contribution in [0.25, 0.3) is 10.2 Å². The average Bonchev–Trinajstić information content (AvgIpc) is 3.25. The van der Waals surface area contributed by atoms with E-state index in [4.69, 9.17) is 9.47 Å². The van der Waals surface area contributed by atoms with Crippen molar-refractivity contribution in [1.82, 2.24) is 9.88 Å². The molecule has 1 aliphatic rings. The van der Waals surface area contributed by atoms with Gasteiger partial charge in [0.05, 0.1) is 35.4 Å². The van der Waals surface area contributed by atoms with Crippen LogP contribution < -0.4 is 9.64 Å². The number of thiazole rings is 1. The highest BCUT2D eigenvalue weighted by Gasteiger charge is 2.26. The van der Waals surface area contributed by atoms with Crippen LogP contribution in [0.3, 0.4) is 0 Å². The van der Waals surface area contributed by atoms with Gasteiger partial charge in [0.2, 0.25) is 5.91 Å². The molecule has 33 heavy (non-hydrogen) atoms. The largest absolute Gasteiger partial charge is 0.497 e. The molecule has 1 amide bonds. The van der Waals surface area contributed by atoms with Gasteiger partial charge in [-0.2, -0.15) is 0 Å². The molecule has 0 aliphatic carbocycles. The number of ether oxygens (including phenoxy) is 2. The first-order valence-electron chi connectivity index (χ1n) is 10.8. The molecule has 0 saturated carbocycles. The molecule has 0 N–H and O–H groups in total. The van der Waals surface area contributed by atoms with Crippen molar-refractivity contribution in [3.8, 4) is 5.75 Å². The highest BCUT2D eigenvalue weighted by atomic mass is 32.2. The Balaban J connectivity index is 1.55. The zero-order valence-corrected chi connectivity index (χ0v) is 20.1. The van der Waals surface area contributed by atoms with Gasteiger partial charge in [-0.05, 0) is 36.8 Å². The van der Waals surface area contributed by atoms with Crippen LogP contribution in [-0.4, -0.2) is 76.5 Å². The normalized spacial score (nSPS) is 14.9. The Labute approximate surface area is 197 Å². The van der Waals surface area contributed by atoms with Crippen LogP contribution in [0.4, 0.5) is 5.13 Å². The first-order chi connectivity index (χ1) is 16.0. The van der Waals surface area contributed by atoms with E-state index in [1.54, 1.807) is 25.3 Å². The number of amides is 1. The molecule has 0 spiro atoms. The number of anilines is 1. The Morgan fingerprint density at radius 3 is 2.67 bits per heavy atom. The summed E-state index contributed by atoms with van der Waals surface area (Å²) in [7, 11) is -2.16. The van der Waals surface area contributed by atoms with E-state index in [1.807, 2.05) is 18.2 Å². The maximum Gasteiger partial charge on any atom is 0.244 e. The minimum absolute atomic E-state index is 0.139. The molecule has 176 valence electrons. The van der Waals surface area contributed by atoms with E-state index in [-0.39, 0.29) is 4.90 Å². The average molecular weight is 490 g/mol. The molecule has 1 fully saturated rings. The zero-order chi connectivity index (χ0) is 23.3. The van der Waals surface area contributed by atoms with Crippen molar-refractivity contribution >= 4 is 42.4 Å². The number of rotatable bonds is 9. The summed E-state index contributed by atoms with van der Waals surface area (Å²) in [6, 6.07) is 13.6. The lowest BCUT2D eigenvalue weighted by atomic mass is 10.3. The molecule has 10 heteroatoms. The fourth-order valence-corrected chi connectivity index (χ4v) is 5.95. The Morgan fingerprint density at radius 2 is 1.94 bits per heavy atom. The van der Waals surface area contributed by atoms with Crippen molar-refractivity contribution in [2.45, 2.75) is 11.3 Å². The second kappa shape index (κ2) is 10.6. The summed E-state index contributed by atoms with van der Waals surface area (Å²) in [5.74, 6) is -0.380. The minimum Gasteiger partial charge on any atom is -0.497 e. The number of aromatic nitrogens is 1. The molecule has 8 nitrogen and oxygen atoms in total. The van der Waals surface area contributed by atoms with Gasteiger partial charge in [0.15, 0.2) is 15.0 Å². The zero-order valence-electron chi connectivity index (χ0n) is 18.5. The summed E-state index contributed by atoms with van der Waals surface area (Å²) in [4.78, 5) is 21.8. The minimum atomic E-state index is -3.76. The highest BCUT2D eigenvalue weighted by molar-refractivity contribution is 7.92. The van der Waals surface area contributed by atoms with E-state index in [0.717, 1.165) is 29.9 Å². The summed E-state index contributed by atoms with van der Waals surface area (Å²) in [6.45, 7) is 4.32. The van der Waals surface area contributed by atoms with E-state index in [0.29, 0.717) is 37.1 Å². The number of hydrogen-bond acceptors (Lipinski definition) is 8. The van der Waals surface area contributed by atoms with Gasteiger partial charge in [-0.25, -0.2) is 13.4 Å². The molecule has 1 aliphatic heterocycles. The number of nitrogens with zero attached hydrogens (tertiary/aromatic N) is 3. The lowest BCUT2D eigenvalue weighted by Gasteiger charge is -2.27. The standard InChI is InChI=1S/C23H27N3O5S2/c1-30-18-8-9-20-21(16-18)32-23(24-20)26(11-5-10-25-12-14-31-15-13-25)22(27)17-33(28,29)19-6-3-2-4-7-19/h2-4,6-9,16H,5,10-15,17H2,1H3. The molecule has 1 aromatic heterocycles. The van der Waals surface area contributed by atoms with Gasteiger partial charge in [0.1, 0.15) is 11.5 Å². The first-order valence-corrected chi connectivity index (χ1v) is 13.3. The van der Waals surface area contributed by atoms with Crippen LogP contribution in [0.2, 0.25) is 0 Å². The predicted octanol–water partition coefficient (Wildman–Crippen LogP) is 2.83. The number of sulfone groups is 1. The molecular weight excluding hydrogens is 462 g/mol. The summed E-state index contributed by atoms with van der Waals surface area (Å²) in [6.07, 6.45) is 0.705. The molecule has 4 rings (SSSR count). The number of benzene rings is 2. The van der Waals surface area contributed by atoms with E-state index in [9.17, 15) is 13.2 Å². The van der Waals surface area contributed by atoms with Gasteiger partial charge in [-0.3, -0.25) is 14.6 Å².